The lowest BCUT2D eigenvalue weighted by Gasteiger charge is -2.26. The Morgan fingerprint density at radius 3 is 1.36 bits per heavy atom. The molecule has 1 atom stereocenters. The molecule has 1 nitrogen and oxygen atoms in total. The van der Waals surface area contributed by atoms with Gasteiger partial charge in [0.15, 0.2) is 0 Å². The average Bonchev–Trinajstić information content (AvgIpc) is 3.07. The molecule has 0 N–H and O–H groups in total. The number of hydrogen-bond donors (Lipinski definition) is 0. The number of nitrogens with zero attached hydrogens (tertiary/aromatic N) is 1. The third-order valence-electron chi connectivity index (χ3n) is 7.94. The topological polar surface area (TPSA) is 3.24 Å². The number of hydrogen-bond acceptors (Lipinski definition) is 1. The van der Waals surface area contributed by atoms with Crippen molar-refractivity contribution in [3.63, 3.8) is 0 Å². The van der Waals surface area contributed by atoms with E-state index in [0.29, 0.717) is 5.92 Å². The molecule has 0 spiro atoms. The van der Waals surface area contributed by atoms with Crippen LogP contribution in [-0.2, 0) is 0 Å². The van der Waals surface area contributed by atoms with Crippen molar-refractivity contribution < 1.29 is 0 Å². The summed E-state index contributed by atoms with van der Waals surface area (Å²) in [6.45, 7) is 12.9. The zero-order valence-electron chi connectivity index (χ0n) is 27.7. The highest BCUT2D eigenvalue weighted by Gasteiger charge is 2.12. The zero-order valence-corrected chi connectivity index (χ0v) is 27.7. The highest BCUT2D eigenvalue weighted by molar-refractivity contribution is 5.78. The zero-order chi connectivity index (χ0) is 32.0. The van der Waals surface area contributed by atoms with Crippen molar-refractivity contribution in [1.82, 2.24) is 0 Å². The maximum atomic E-state index is 2.30. The van der Waals surface area contributed by atoms with Crippen molar-refractivity contribution in [3.05, 3.63) is 186 Å². The molecule has 0 radical (unpaired) electrons. The quantitative estimate of drug-likeness (QED) is 0.187. The van der Waals surface area contributed by atoms with Gasteiger partial charge in [-0.2, -0.15) is 0 Å². The van der Waals surface area contributed by atoms with Crippen LogP contribution >= 0.6 is 0 Å². The van der Waals surface area contributed by atoms with Gasteiger partial charge in [0, 0.05) is 17.1 Å². The van der Waals surface area contributed by atoms with Crippen LogP contribution in [0.2, 0.25) is 0 Å². The van der Waals surface area contributed by atoms with Crippen molar-refractivity contribution in [1.29, 1.82) is 0 Å². The third-order valence-corrected chi connectivity index (χ3v) is 7.94. The van der Waals surface area contributed by atoms with E-state index in [1.807, 2.05) is 0 Å². The number of para-hydroxylation sites is 1. The molecule has 0 amide bonds. The van der Waals surface area contributed by atoms with Gasteiger partial charge >= 0.3 is 0 Å². The van der Waals surface area contributed by atoms with E-state index in [1.54, 1.807) is 0 Å². The maximum absolute atomic E-state index is 2.30. The molecular weight excluding hydrogens is 542 g/mol. The lowest BCUT2D eigenvalue weighted by atomic mass is 9.99. The summed E-state index contributed by atoms with van der Waals surface area (Å²) in [6.07, 6.45) is 1.23. The Morgan fingerprint density at radius 2 is 0.867 bits per heavy atom. The molecule has 228 valence electrons. The van der Waals surface area contributed by atoms with E-state index in [4.69, 9.17) is 0 Å². The predicted octanol–water partition coefficient (Wildman–Crippen LogP) is 12.9. The smallest absolute Gasteiger partial charge is 0.0464 e. The van der Waals surface area contributed by atoms with Crippen LogP contribution in [0.4, 0.5) is 17.1 Å². The van der Waals surface area contributed by atoms with Gasteiger partial charge in [0.05, 0.1) is 0 Å². The summed E-state index contributed by atoms with van der Waals surface area (Å²) in [5.41, 5.74) is 12.6. The first-order chi connectivity index (χ1) is 21.8. The number of anilines is 3. The summed E-state index contributed by atoms with van der Waals surface area (Å²) in [4.78, 5) is 2.30. The summed E-state index contributed by atoms with van der Waals surface area (Å²) in [7, 11) is 0. The van der Waals surface area contributed by atoms with E-state index < -0.39 is 0 Å². The molecule has 1 unspecified atom stereocenters. The van der Waals surface area contributed by atoms with Crippen molar-refractivity contribution in [3.8, 4) is 11.1 Å². The van der Waals surface area contributed by atoms with Gasteiger partial charge in [-0.3, -0.25) is 0 Å². The molecule has 0 heterocycles. The van der Waals surface area contributed by atoms with E-state index in [0.717, 1.165) is 11.4 Å². The van der Waals surface area contributed by atoms with E-state index >= 15 is 0 Å². The minimum atomic E-state index is 0.709. The molecule has 0 aromatic heterocycles. The minimum absolute atomic E-state index is 0.709. The molecule has 0 saturated heterocycles. The second-order valence-corrected chi connectivity index (χ2v) is 11.8. The van der Waals surface area contributed by atoms with Gasteiger partial charge < -0.3 is 4.90 Å². The Morgan fingerprint density at radius 1 is 0.422 bits per heavy atom. The van der Waals surface area contributed by atoms with Crippen molar-refractivity contribution in [2.75, 3.05) is 4.90 Å². The molecule has 6 aromatic rings. The maximum Gasteiger partial charge on any atom is 0.0464 e. The molecule has 45 heavy (non-hydrogen) atoms. The van der Waals surface area contributed by atoms with Gasteiger partial charge in [0.2, 0.25) is 0 Å². The van der Waals surface area contributed by atoms with Gasteiger partial charge in [-0.1, -0.05) is 152 Å². The molecule has 1 heteroatoms. The summed E-state index contributed by atoms with van der Waals surface area (Å²) in [6, 6.07) is 55.7. The van der Waals surface area contributed by atoms with E-state index in [-0.39, 0.29) is 0 Å². The van der Waals surface area contributed by atoms with Crippen LogP contribution in [0.1, 0.15) is 54.0 Å². The molecule has 0 fully saturated rings. The Bertz CT molecular complexity index is 1680. The minimum Gasteiger partial charge on any atom is -0.310 e. The first kappa shape index (κ1) is 33.0. The van der Waals surface area contributed by atoms with Gasteiger partial charge in [0.1, 0.15) is 0 Å². The Hall–Kier alpha value is -4.88. The monoisotopic (exact) mass is 589 g/mol. The lowest BCUT2D eigenvalue weighted by Crippen LogP contribution is -2.09. The molecule has 0 bridgehead atoms. The molecule has 0 aliphatic rings. The Kier molecular flexibility index (Phi) is 12.3. The fraction of sp³-hybridized carbons (Fsp3) is 0.182. The highest BCUT2D eigenvalue weighted by atomic mass is 15.1. The van der Waals surface area contributed by atoms with Crippen molar-refractivity contribution >= 4 is 17.1 Å². The molecule has 6 rings (SSSR count). The van der Waals surface area contributed by atoms with Crippen molar-refractivity contribution in [2.45, 2.75) is 53.9 Å². The van der Waals surface area contributed by atoms with Gasteiger partial charge in [-0.25, -0.2) is 0 Å². The SMILES string of the molecule is CCC(C)c1ccccc1.Cc1ccc(-c2ccc(N(c3ccccc3)c3cccc(C)c3)cc2)cc1.Cc1cccc(C)c1. The summed E-state index contributed by atoms with van der Waals surface area (Å²) in [5, 5.41) is 0. The Labute approximate surface area is 271 Å². The van der Waals surface area contributed by atoms with Crippen LogP contribution in [0.5, 0.6) is 0 Å². The number of rotatable bonds is 6. The normalized spacial score (nSPS) is 10.9. The van der Waals surface area contributed by atoms with Crippen molar-refractivity contribution in [2.24, 2.45) is 0 Å². The molecule has 0 aliphatic carbocycles. The standard InChI is InChI=1S/C26H23N.C10H14.C8H10/c1-20-11-13-22(14-12-20)23-15-17-25(18-16-23)27(24-8-4-3-5-9-24)26-10-6-7-21(2)19-26;1-3-9(2)10-7-5-4-6-8-10;1-7-4-3-5-8(2)6-7/h3-19H,1-2H3;4-9H,3H2,1-2H3;3-6H,1-2H3. The molecule has 0 aliphatic heterocycles. The van der Waals surface area contributed by atoms with Crippen LogP contribution in [-0.4, -0.2) is 0 Å². The fourth-order valence-electron chi connectivity index (χ4n) is 5.16. The first-order valence-electron chi connectivity index (χ1n) is 16.0. The van der Waals surface area contributed by atoms with Crippen LogP contribution in [0, 0.1) is 27.7 Å². The highest BCUT2D eigenvalue weighted by Crippen LogP contribution is 2.35. The third kappa shape index (κ3) is 10.1. The van der Waals surface area contributed by atoms with Crippen LogP contribution in [0.25, 0.3) is 11.1 Å². The van der Waals surface area contributed by atoms with E-state index in [1.165, 1.54) is 51.1 Å². The largest absolute Gasteiger partial charge is 0.310 e. The average molecular weight is 590 g/mol. The predicted molar refractivity (Wildman–Crippen MR) is 197 cm³/mol. The van der Waals surface area contributed by atoms with E-state index in [9.17, 15) is 0 Å². The summed E-state index contributed by atoms with van der Waals surface area (Å²) < 4.78 is 0. The van der Waals surface area contributed by atoms with Crippen LogP contribution in [0.3, 0.4) is 0 Å². The second-order valence-electron chi connectivity index (χ2n) is 11.8. The number of benzene rings is 6. The summed E-state index contributed by atoms with van der Waals surface area (Å²) >= 11 is 0. The Balaban J connectivity index is 0.000000208. The van der Waals surface area contributed by atoms with Crippen LogP contribution in [0.15, 0.2) is 158 Å². The molecular formula is C44H47N. The molecule has 0 saturated carbocycles. The molecule has 6 aromatic carbocycles. The van der Waals surface area contributed by atoms with Crippen LogP contribution < -0.4 is 4.90 Å². The summed E-state index contributed by atoms with van der Waals surface area (Å²) in [5.74, 6) is 0.709. The lowest BCUT2D eigenvalue weighted by molar-refractivity contribution is 0.733. The number of aryl methyl sites for hydroxylation is 4. The van der Waals surface area contributed by atoms with E-state index in [2.05, 4.69) is 204 Å². The fourth-order valence-corrected chi connectivity index (χ4v) is 5.16. The van der Waals surface area contributed by atoms with Gasteiger partial charge in [0.25, 0.3) is 0 Å². The van der Waals surface area contributed by atoms with Gasteiger partial charge in [-0.15, -0.1) is 0 Å². The first-order valence-corrected chi connectivity index (χ1v) is 16.0. The van der Waals surface area contributed by atoms with Gasteiger partial charge in [-0.05, 0) is 98.7 Å². The second kappa shape index (κ2) is 16.8.